The molecule has 1 N–H and O–H groups in total. The van der Waals surface area contributed by atoms with Crippen molar-refractivity contribution in [1.82, 2.24) is 9.55 Å². The molecule has 0 aromatic carbocycles. The monoisotopic (exact) mass is 275 g/mol. The van der Waals surface area contributed by atoms with Gasteiger partial charge in [0.1, 0.15) is 0 Å². The maximum Gasteiger partial charge on any atom is 0.203 e. The van der Waals surface area contributed by atoms with Crippen LogP contribution in [-0.4, -0.2) is 15.6 Å². The van der Waals surface area contributed by atoms with Crippen molar-refractivity contribution in [3.8, 4) is 0 Å². The number of imidazole rings is 1. The first kappa shape index (κ1) is 12.7. The molecule has 0 saturated heterocycles. The van der Waals surface area contributed by atoms with E-state index in [1.54, 1.807) is 0 Å². The number of aryl methyl sites for hydroxylation is 2. The van der Waals surface area contributed by atoms with Crippen LogP contribution >= 0.6 is 11.3 Å². The summed E-state index contributed by atoms with van der Waals surface area (Å²) in [4.78, 5) is 7.46. The summed E-state index contributed by atoms with van der Waals surface area (Å²) >= 11 is 1.90. The Balaban J connectivity index is 1.76. The van der Waals surface area contributed by atoms with Gasteiger partial charge in [-0.05, 0) is 45.7 Å². The van der Waals surface area contributed by atoms with E-state index >= 15 is 0 Å². The summed E-state index contributed by atoms with van der Waals surface area (Å²) in [7, 11) is 0. The normalized spacial score (nSPS) is 16.6. The van der Waals surface area contributed by atoms with Crippen LogP contribution < -0.4 is 5.32 Å². The zero-order valence-electron chi connectivity index (χ0n) is 11.8. The Morgan fingerprint density at radius 3 is 2.84 bits per heavy atom. The molecule has 1 aliphatic carbocycles. The Labute approximate surface area is 118 Å². The molecule has 2 aromatic rings. The first-order valence-electron chi connectivity index (χ1n) is 6.99. The lowest BCUT2D eigenvalue weighted by molar-refractivity contribution is 0.552. The van der Waals surface area contributed by atoms with E-state index < -0.39 is 0 Å². The van der Waals surface area contributed by atoms with E-state index in [9.17, 15) is 0 Å². The van der Waals surface area contributed by atoms with Gasteiger partial charge in [-0.2, -0.15) is 0 Å². The zero-order chi connectivity index (χ0) is 13.4. The van der Waals surface area contributed by atoms with Crippen LogP contribution in [0.15, 0.2) is 18.3 Å². The number of hydrogen-bond acceptors (Lipinski definition) is 3. The second kappa shape index (κ2) is 5.00. The van der Waals surface area contributed by atoms with E-state index in [-0.39, 0.29) is 0 Å². The van der Waals surface area contributed by atoms with Gasteiger partial charge in [0, 0.05) is 34.5 Å². The van der Waals surface area contributed by atoms with E-state index in [1.807, 2.05) is 11.3 Å². The van der Waals surface area contributed by atoms with E-state index in [2.05, 4.69) is 54.0 Å². The van der Waals surface area contributed by atoms with Gasteiger partial charge in [-0.3, -0.25) is 0 Å². The molecule has 1 atom stereocenters. The smallest absolute Gasteiger partial charge is 0.203 e. The van der Waals surface area contributed by atoms with Crippen LogP contribution in [0.4, 0.5) is 5.95 Å². The van der Waals surface area contributed by atoms with Gasteiger partial charge in [-0.1, -0.05) is 0 Å². The number of thiophene rings is 1. The van der Waals surface area contributed by atoms with Crippen molar-refractivity contribution in [2.24, 2.45) is 0 Å². The molecule has 1 aliphatic rings. The summed E-state index contributed by atoms with van der Waals surface area (Å²) in [5.74, 6) is 1.04. The molecule has 1 fully saturated rings. The van der Waals surface area contributed by atoms with Gasteiger partial charge in [-0.15, -0.1) is 11.3 Å². The van der Waals surface area contributed by atoms with Crippen LogP contribution in [0.3, 0.4) is 0 Å². The molecule has 0 aliphatic heterocycles. The van der Waals surface area contributed by atoms with Crippen molar-refractivity contribution in [3.63, 3.8) is 0 Å². The van der Waals surface area contributed by atoms with Crippen LogP contribution in [0, 0.1) is 13.8 Å². The third-order valence-electron chi connectivity index (χ3n) is 3.53. The minimum absolute atomic E-state index is 0.445. The molecule has 2 aromatic heterocycles. The van der Waals surface area contributed by atoms with Crippen LogP contribution in [0.5, 0.6) is 0 Å². The Hall–Kier alpha value is -1.29. The van der Waals surface area contributed by atoms with Gasteiger partial charge in [0.05, 0.1) is 5.69 Å². The summed E-state index contributed by atoms with van der Waals surface area (Å²) in [6.07, 6.45) is 5.80. The first-order valence-corrected chi connectivity index (χ1v) is 7.81. The number of hydrogen-bond donors (Lipinski definition) is 1. The number of nitrogens with one attached hydrogen (secondary N) is 1. The lowest BCUT2D eigenvalue weighted by atomic mass is 10.2. The van der Waals surface area contributed by atoms with Crippen molar-refractivity contribution >= 4 is 17.3 Å². The van der Waals surface area contributed by atoms with E-state index in [0.29, 0.717) is 12.1 Å². The number of rotatable bonds is 5. The third kappa shape index (κ3) is 3.00. The van der Waals surface area contributed by atoms with E-state index in [0.717, 1.165) is 18.1 Å². The molecule has 0 radical (unpaired) electrons. The summed E-state index contributed by atoms with van der Waals surface area (Å²) in [5.41, 5.74) is 1.09. The lowest BCUT2D eigenvalue weighted by Crippen LogP contribution is -2.13. The number of nitrogens with zero attached hydrogens (tertiary/aromatic N) is 2. The predicted octanol–water partition coefficient (Wildman–Crippen LogP) is 3.94. The highest BCUT2D eigenvalue weighted by atomic mass is 32.1. The van der Waals surface area contributed by atoms with Gasteiger partial charge in [0.2, 0.25) is 5.95 Å². The van der Waals surface area contributed by atoms with Gasteiger partial charge in [0.15, 0.2) is 0 Å². The molecule has 0 amide bonds. The third-order valence-corrected chi connectivity index (χ3v) is 4.55. The molecule has 0 spiro atoms. The van der Waals surface area contributed by atoms with Crippen molar-refractivity contribution in [1.29, 1.82) is 0 Å². The molecule has 19 heavy (non-hydrogen) atoms. The lowest BCUT2D eigenvalue weighted by Gasteiger charge is -2.16. The molecule has 3 nitrogen and oxygen atoms in total. The minimum atomic E-state index is 0.445. The average Bonchev–Trinajstić information content (AvgIpc) is 2.95. The molecular weight excluding hydrogens is 254 g/mol. The quantitative estimate of drug-likeness (QED) is 0.895. The molecule has 0 bridgehead atoms. The first-order chi connectivity index (χ1) is 9.11. The second-order valence-corrected chi connectivity index (χ2v) is 6.97. The summed E-state index contributed by atoms with van der Waals surface area (Å²) in [5, 5.41) is 3.53. The van der Waals surface area contributed by atoms with Gasteiger partial charge in [0.25, 0.3) is 0 Å². The zero-order valence-corrected chi connectivity index (χ0v) is 12.6. The molecule has 102 valence electrons. The fraction of sp³-hybridized carbons (Fsp3) is 0.533. The predicted molar refractivity (Wildman–Crippen MR) is 81.1 cm³/mol. The van der Waals surface area contributed by atoms with Crippen molar-refractivity contribution < 1.29 is 0 Å². The fourth-order valence-corrected chi connectivity index (χ4v) is 3.36. The van der Waals surface area contributed by atoms with Gasteiger partial charge in [-0.25, -0.2) is 4.98 Å². The molecular formula is C15H21N3S. The van der Waals surface area contributed by atoms with Crippen molar-refractivity contribution in [2.45, 2.75) is 52.1 Å². The summed E-state index contributed by atoms with van der Waals surface area (Å²) in [6, 6.07) is 5.54. The fourth-order valence-electron chi connectivity index (χ4n) is 2.35. The Morgan fingerprint density at radius 1 is 1.42 bits per heavy atom. The van der Waals surface area contributed by atoms with Gasteiger partial charge < -0.3 is 9.88 Å². The van der Waals surface area contributed by atoms with E-state index in [1.165, 1.54) is 22.6 Å². The maximum absolute atomic E-state index is 4.61. The Bertz CT molecular complexity index is 566. The number of aromatic nitrogens is 2. The van der Waals surface area contributed by atoms with Crippen molar-refractivity contribution in [3.05, 3.63) is 33.8 Å². The van der Waals surface area contributed by atoms with E-state index in [4.69, 9.17) is 0 Å². The average molecular weight is 275 g/mol. The summed E-state index contributed by atoms with van der Waals surface area (Å²) in [6.45, 7) is 6.51. The molecule has 1 saturated carbocycles. The summed E-state index contributed by atoms with van der Waals surface area (Å²) < 4.78 is 2.29. The Kier molecular flexibility index (Phi) is 3.35. The highest BCUT2D eigenvalue weighted by Crippen LogP contribution is 2.28. The highest BCUT2D eigenvalue weighted by Gasteiger charge is 2.24. The second-order valence-electron chi connectivity index (χ2n) is 5.60. The van der Waals surface area contributed by atoms with Crippen LogP contribution in [0.2, 0.25) is 0 Å². The molecule has 2 heterocycles. The van der Waals surface area contributed by atoms with Crippen LogP contribution in [-0.2, 0) is 6.42 Å². The largest absolute Gasteiger partial charge is 0.353 e. The number of anilines is 1. The molecule has 1 unspecified atom stereocenters. The molecule has 4 heteroatoms. The van der Waals surface area contributed by atoms with Gasteiger partial charge >= 0.3 is 0 Å². The topological polar surface area (TPSA) is 29.9 Å². The SMILES string of the molecule is Cc1cn(C(C)Cc2ccc(C)s2)c(NC2CC2)n1. The highest BCUT2D eigenvalue weighted by molar-refractivity contribution is 7.11. The van der Waals surface area contributed by atoms with Crippen LogP contribution in [0.25, 0.3) is 0 Å². The minimum Gasteiger partial charge on any atom is -0.353 e. The molecule has 3 rings (SSSR count). The van der Waals surface area contributed by atoms with Crippen molar-refractivity contribution in [2.75, 3.05) is 5.32 Å². The Morgan fingerprint density at radius 2 is 2.21 bits per heavy atom. The standard InChI is InChI=1S/C15H21N3S/c1-10-9-18(15(16-10)17-13-5-6-13)11(2)8-14-7-4-12(3)19-14/h4,7,9,11,13H,5-6,8H2,1-3H3,(H,16,17). The maximum atomic E-state index is 4.61. The van der Waals surface area contributed by atoms with Crippen LogP contribution in [0.1, 0.15) is 41.3 Å².